The Kier molecular flexibility index (Phi) is 5.50. The molecule has 0 saturated carbocycles. The average molecular weight is 370 g/mol. The Balaban J connectivity index is 1.60. The van der Waals surface area contributed by atoms with Crippen molar-refractivity contribution in [1.82, 2.24) is 10.2 Å². The molecule has 1 aromatic rings. The first kappa shape index (κ1) is 18.7. The fourth-order valence-corrected chi connectivity index (χ4v) is 2.99. The number of alkyl halides is 2. The molecule has 26 heavy (non-hydrogen) atoms. The van der Waals surface area contributed by atoms with Crippen LogP contribution < -0.4 is 14.8 Å². The van der Waals surface area contributed by atoms with Crippen molar-refractivity contribution in [3.05, 3.63) is 23.8 Å². The van der Waals surface area contributed by atoms with Crippen LogP contribution in [0.3, 0.4) is 0 Å². The van der Waals surface area contributed by atoms with Gasteiger partial charge in [-0.1, -0.05) is 19.9 Å². The highest BCUT2D eigenvalue weighted by Gasteiger charge is 2.31. The number of carbonyl (C=O) groups excluding carboxylic acids is 1. The van der Waals surface area contributed by atoms with Crippen LogP contribution in [0.4, 0.5) is 13.6 Å². The Hall–Kier alpha value is -2.09. The van der Waals surface area contributed by atoms with Crippen molar-refractivity contribution in [2.45, 2.75) is 31.8 Å². The van der Waals surface area contributed by atoms with Gasteiger partial charge < -0.3 is 24.4 Å². The molecule has 144 valence electrons. The Morgan fingerprint density at radius 3 is 2.73 bits per heavy atom. The summed E-state index contributed by atoms with van der Waals surface area (Å²) in [4.78, 5) is 13.7. The number of fused-ring (bicyclic) bond motifs is 1. The van der Waals surface area contributed by atoms with Crippen LogP contribution >= 0.6 is 0 Å². The maximum absolute atomic E-state index is 12.8. The van der Waals surface area contributed by atoms with Gasteiger partial charge >= 0.3 is 6.03 Å². The van der Waals surface area contributed by atoms with E-state index in [9.17, 15) is 13.6 Å². The maximum Gasteiger partial charge on any atom is 0.317 e. The van der Waals surface area contributed by atoms with Gasteiger partial charge in [0.05, 0.1) is 13.2 Å². The first-order valence-corrected chi connectivity index (χ1v) is 8.69. The Morgan fingerprint density at radius 1 is 1.27 bits per heavy atom. The van der Waals surface area contributed by atoms with Crippen molar-refractivity contribution >= 4 is 6.03 Å². The third kappa shape index (κ3) is 4.17. The summed E-state index contributed by atoms with van der Waals surface area (Å²) in [7, 11) is 0. The Morgan fingerprint density at radius 2 is 2.00 bits per heavy atom. The zero-order chi connectivity index (χ0) is 18.7. The van der Waals surface area contributed by atoms with Gasteiger partial charge in [-0.05, 0) is 17.7 Å². The van der Waals surface area contributed by atoms with Crippen molar-refractivity contribution in [2.24, 2.45) is 0 Å². The fraction of sp³-hybridized carbons (Fsp3) is 0.611. The summed E-state index contributed by atoms with van der Waals surface area (Å²) in [5.41, 5.74) is 0.634. The standard InChI is InChI=1S/C18H24F2N2O4/c1-18(2,12-3-4-13-14(9-12)26-8-7-25-13)11-21-17(23)22-5-6-24-15(10-22)16(19)20/h3-4,9,15-16H,5-8,10-11H2,1-2H3,(H,21,23). The minimum atomic E-state index is -2.60. The summed E-state index contributed by atoms with van der Waals surface area (Å²) >= 11 is 0. The number of halogens is 2. The molecular weight excluding hydrogens is 346 g/mol. The predicted octanol–water partition coefficient (Wildman–Crippen LogP) is 2.41. The van der Waals surface area contributed by atoms with Crippen molar-refractivity contribution in [3.63, 3.8) is 0 Å². The van der Waals surface area contributed by atoms with Crippen LogP contribution in [0.2, 0.25) is 0 Å². The van der Waals surface area contributed by atoms with E-state index in [1.165, 1.54) is 4.90 Å². The number of amides is 2. The van der Waals surface area contributed by atoms with Gasteiger partial charge in [0.25, 0.3) is 6.43 Å². The number of benzene rings is 1. The Labute approximate surface area is 151 Å². The third-order valence-corrected chi connectivity index (χ3v) is 4.67. The second-order valence-electron chi connectivity index (χ2n) is 7.09. The molecule has 2 aliphatic heterocycles. The van der Waals surface area contributed by atoms with E-state index in [1.807, 2.05) is 32.0 Å². The molecule has 3 rings (SSSR count). The van der Waals surface area contributed by atoms with Crippen molar-refractivity contribution in [3.8, 4) is 11.5 Å². The van der Waals surface area contributed by atoms with Crippen LogP contribution in [0.1, 0.15) is 19.4 Å². The van der Waals surface area contributed by atoms with Gasteiger partial charge in [-0.25, -0.2) is 13.6 Å². The van der Waals surface area contributed by atoms with E-state index in [2.05, 4.69) is 5.32 Å². The van der Waals surface area contributed by atoms with Gasteiger partial charge in [-0.3, -0.25) is 0 Å². The second-order valence-corrected chi connectivity index (χ2v) is 7.09. The van der Waals surface area contributed by atoms with Crippen LogP contribution in [0.25, 0.3) is 0 Å². The van der Waals surface area contributed by atoms with E-state index in [4.69, 9.17) is 14.2 Å². The molecule has 2 heterocycles. The first-order valence-electron chi connectivity index (χ1n) is 8.69. The molecule has 0 aliphatic carbocycles. The number of ether oxygens (including phenoxy) is 3. The molecule has 0 bridgehead atoms. The van der Waals surface area contributed by atoms with Crippen molar-refractivity contribution in [1.29, 1.82) is 0 Å². The highest BCUT2D eigenvalue weighted by molar-refractivity contribution is 5.74. The number of urea groups is 1. The average Bonchev–Trinajstić information content (AvgIpc) is 2.65. The van der Waals surface area contributed by atoms with Gasteiger partial charge in [-0.15, -0.1) is 0 Å². The molecule has 0 spiro atoms. The summed E-state index contributed by atoms with van der Waals surface area (Å²) in [6.07, 6.45) is -3.82. The summed E-state index contributed by atoms with van der Waals surface area (Å²) in [5, 5.41) is 2.85. The summed E-state index contributed by atoms with van der Waals surface area (Å²) in [6.45, 7) is 5.73. The smallest absolute Gasteiger partial charge is 0.317 e. The molecule has 1 aromatic carbocycles. The second kappa shape index (κ2) is 7.65. The normalized spacial score (nSPS) is 20.2. The number of rotatable bonds is 4. The van der Waals surface area contributed by atoms with E-state index in [-0.39, 0.29) is 24.6 Å². The van der Waals surface area contributed by atoms with E-state index in [0.717, 1.165) is 5.56 Å². The number of carbonyl (C=O) groups is 1. The van der Waals surface area contributed by atoms with E-state index in [1.54, 1.807) is 0 Å². The molecular formula is C18H24F2N2O4. The Bertz CT molecular complexity index is 654. The molecule has 1 saturated heterocycles. The van der Waals surface area contributed by atoms with Crippen LogP contribution in [-0.4, -0.2) is 62.9 Å². The first-order chi connectivity index (χ1) is 12.4. The lowest BCUT2D eigenvalue weighted by molar-refractivity contribution is -0.0925. The van der Waals surface area contributed by atoms with Gasteiger partial charge in [0.1, 0.15) is 19.3 Å². The lowest BCUT2D eigenvalue weighted by atomic mass is 9.84. The van der Waals surface area contributed by atoms with Crippen molar-refractivity contribution < 1.29 is 27.8 Å². The van der Waals surface area contributed by atoms with Gasteiger partial charge in [0.15, 0.2) is 11.5 Å². The molecule has 6 nitrogen and oxygen atoms in total. The van der Waals surface area contributed by atoms with Crippen LogP contribution in [-0.2, 0) is 10.2 Å². The maximum atomic E-state index is 12.8. The molecule has 1 unspecified atom stereocenters. The zero-order valence-corrected chi connectivity index (χ0v) is 15.0. The van der Waals surface area contributed by atoms with E-state index < -0.39 is 12.5 Å². The molecule has 1 fully saturated rings. The topological polar surface area (TPSA) is 60.0 Å². The number of nitrogens with zero attached hydrogens (tertiary/aromatic N) is 1. The minimum absolute atomic E-state index is 0.103. The number of nitrogens with one attached hydrogen (secondary N) is 1. The van der Waals surface area contributed by atoms with Crippen molar-refractivity contribution in [2.75, 3.05) is 39.5 Å². The molecule has 1 N–H and O–H groups in total. The van der Waals surface area contributed by atoms with Crippen LogP contribution in [0, 0.1) is 0 Å². The van der Waals surface area contributed by atoms with Crippen LogP contribution in [0.5, 0.6) is 11.5 Å². The van der Waals surface area contributed by atoms with E-state index in [0.29, 0.717) is 37.8 Å². The van der Waals surface area contributed by atoms with Gasteiger partial charge in [0, 0.05) is 18.5 Å². The molecule has 2 amide bonds. The lowest BCUT2D eigenvalue weighted by Gasteiger charge is -2.34. The zero-order valence-electron chi connectivity index (χ0n) is 15.0. The SMILES string of the molecule is CC(C)(CNC(=O)N1CCOC(C(F)F)C1)c1ccc2c(c1)OCCO2. The fourth-order valence-electron chi connectivity index (χ4n) is 2.99. The van der Waals surface area contributed by atoms with Crippen LogP contribution in [0.15, 0.2) is 18.2 Å². The van der Waals surface area contributed by atoms with E-state index >= 15 is 0 Å². The summed E-state index contributed by atoms with van der Waals surface area (Å²) in [5.74, 6) is 1.41. The predicted molar refractivity (Wildman–Crippen MR) is 91.2 cm³/mol. The largest absolute Gasteiger partial charge is 0.486 e. The lowest BCUT2D eigenvalue weighted by Crippen LogP contribution is -2.52. The molecule has 0 radical (unpaired) electrons. The highest BCUT2D eigenvalue weighted by Crippen LogP contribution is 2.34. The molecule has 0 aromatic heterocycles. The highest BCUT2D eigenvalue weighted by atomic mass is 19.3. The van der Waals surface area contributed by atoms with Gasteiger partial charge in [0.2, 0.25) is 0 Å². The third-order valence-electron chi connectivity index (χ3n) is 4.67. The monoisotopic (exact) mass is 370 g/mol. The number of morpholine rings is 1. The number of hydrogen-bond donors (Lipinski definition) is 1. The molecule has 1 atom stereocenters. The number of hydrogen-bond acceptors (Lipinski definition) is 4. The molecule has 8 heteroatoms. The molecule has 2 aliphatic rings. The minimum Gasteiger partial charge on any atom is -0.486 e. The summed E-state index contributed by atoms with van der Waals surface area (Å²) < 4.78 is 41.7. The quantitative estimate of drug-likeness (QED) is 0.884. The summed E-state index contributed by atoms with van der Waals surface area (Å²) in [6, 6.07) is 5.37. The van der Waals surface area contributed by atoms with Gasteiger partial charge in [-0.2, -0.15) is 0 Å².